The summed E-state index contributed by atoms with van der Waals surface area (Å²) in [5.41, 5.74) is 0.938. The first-order chi connectivity index (χ1) is 9.81. The molecule has 0 radical (unpaired) electrons. The predicted octanol–water partition coefficient (Wildman–Crippen LogP) is 4.58. The van der Waals surface area contributed by atoms with Crippen molar-refractivity contribution in [3.8, 4) is 17.6 Å². The number of rotatable bonds is 9. The molecule has 3 heteroatoms. The molecular formula is C17H23NO2. The molecule has 0 atom stereocenters. The molecule has 0 aliphatic carbocycles. The van der Waals surface area contributed by atoms with E-state index in [4.69, 9.17) is 14.7 Å². The van der Waals surface area contributed by atoms with Gasteiger partial charge in [0.05, 0.1) is 19.3 Å². The van der Waals surface area contributed by atoms with Crippen molar-refractivity contribution in [2.45, 2.75) is 39.5 Å². The minimum absolute atomic E-state index is 0.595. The monoisotopic (exact) mass is 273 g/mol. The zero-order valence-electron chi connectivity index (χ0n) is 12.4. The first-order valence-corrected chi connectivity index (χ1v) is 7.27. The molecule has 0 N–H and O–H groups in total. The van der Waals surface area contributed by atoms with Crippen molar-refractivity contribution < 1.29 is 9.47 Å². The lowest BCUT2D eigenvalue weighted by Gasteiger charge is -2.12. The number of allylic oxidation sites excluding steroid dienone is 1. The van der Waals surface area contributed by atoms with Crippen LogP contribution in [0.5, 0.6) is 11.5 Å². The largest absolute Gasteiger partial charge is 0.490 e. The van der Waals surface area contributed by atoms with Gasteiger partial charge in [-0.1, -0.05) is 32.3 Å². The Hall–Kier alpha value is -1.95. The highest BCUT2D eigenvalue weighted by Crippen LogP contribution is 2.29. The molecule has 0 aliphatic rings. The van der Waals surface area contributed by atoms with E-state index in [0.29, 0.717) is 13.2 Å². The van der Waals surface area contributed by atoms with E-state index >= 15 is 0 Å². The van der Waals surface area contributed by atoms with Crippen LogP contribution in [0.25, 0.3) is 6.08 Å². The molecule has 1 aromatic carbocycles. The number of nitriles is 1. The van der Waals surface area contributed by atoms with Crippen molar-refractivity contribution >= 4 is 6.08 Å². The number of hydrogen-bond acceptors (Lipinski definition) is 3. The van der Waals surface area contributed by atoms with Crippen molar-refractivity contribution in [3.63, 3.8) is 0 Å². The second-order valence-electron chi connectivity index (χ2n) is 4.51. The molecule has 0 fully saturated rings. The van der Waals surface area contributed by atoms with Crippen LogP contribution < -0.4 is 9.47 Å². The van der Waals surface area contributed by atoms with Gasteiger partial charge in [-0.2, -0.15) is 5.26 Å². The van der Waals surface area contributed by atoms with Gasteiger partial charge < -0.3 is 9.47 Å². The lowest BCUT2D eigenvalue weighted by molar-refractivity contribution is 0.270. The summed E-state index contributed by atoms with van der Waals surface area (Å²) in [7, 11) is 0. The summed E-state index contributed by atoms with van der Waals surface area (Å²) in [6.45, 7) is 5.45. The van der Waals surface area contributed by atoms with Gasteiger partial charge in [0.2, 0.25) is 0 Å². The Bertz CT molecular complexity index is 461. The molecular weight excluding hydrogens is 250 g/mol. The summed E-state index contributed by atoms with van der Waals surface area (Å²) in [4.78, 5) is 0. The maximum atomic E-state index is 8.55. The second kappa shape index (κ2) is 9.91. The average molecular weight is 273 g/mol. The SMILES string of the molecule is CCCCCCOc1ccc(/C=C/C#N)cc1OCC. The molecule has 0 heterocycles. The number of unbranched alkanes of at least 4 members (excludes halogenated alkanes) is 3. The third kappa shape index (κ3) is 5.79. The molecule has 20 heavy (non-hydrogen) atoms. The van der Waals surface area contributed by atoms with Crippen molar-refractivity contribution in [3.05, 3.63) is 29.8 Å². The van der Waals surface area contributed by atoms with E-state index in [1.165, 1.54) is 25.3 Å². The maximum Gasteiger partial charge on any atom is 0.161 e. The van der Waals surface area contributed by atoms with Crippen LogP contribution in [0.15, 0.2) is 24.3 Å². The summed E-state index contributed by atoms with van der Waals surface area (Å²) in [5, 5.41) is 8.55. The minimum Gasteiger partial charge on any atom is -0.490 e. The van der Waals surface area contributed by atoms with Gasteiger partial charge >= 0.3 is 0 Å². The summed E-state index contributed by atoms with van der Waals surface area (Å²) in [6, 6.07) is 7.72. The van der Waals surface area contributed by atoms with E-state index in [2.05, 4.69) is 6.92 Å². The van der Waals surface area contributed by atoms with Crippen LogP contribution in [0.2, 0.25) is 0 Å². The molecule has 0 saturated carbocycles. The number of hydrogen-bond donors (Lipinski definition) is 0. The van der Waals surface area contributed by atoms with E-state index in [1.807, 2.05) is 31.2 Å². The fourth-order valence-corrected chi connectivity index (χ4v) is 1.86. The smallest absolute Gasteiger partial charge is 0.161 e. The molecule has 108 valence electrons. The summed E-state index contributed by atoms with van der Waals surface area (Å²) in [6.07, 6.45) is 7.95. The number of benzene rings is 1. The predicted molar refractivity (Wildman–Crippen MR) is 81.9 cm³/mol. The first kappa shape index (κ1) is 16.1. The molecule has 0 aliphatic heterocycles. The Morgan fingerprint density at radius 2 is 1.95 bits per heavy atom. The quantitative estimate of drug-likeness (QED) is 0.488. The van der Waals surface area contributed by atoms with Gasteiger partial charge in [0.25, 0.3) is 0 Å². The standard InChI is InChI=1S/C17H23NO2/c1-3-5-6-7-13-20-16-11-10-15(9-8-12-18)14-17(16)19-4-2/h8-11,14H,3-7,13H2,1-2H3/b9-8+. The molecule has 0 unspecified atom stereocenters. The average Bonchev–Trinajstić information content (AvgIpc) is 2.47. The highest BCUT2D eigenvalue weighted by atomic mass is 16.5. The second-order valence-corrected chi connectivity index (χ2v) is 4.51. The van der Waals surface area contributed by atoms with Gasteiger partial charge in [0.1, 0.15) is 0 Å². The Balaban J connectivity index is 2.64. The van der Waals surface area contributed by atoms with Crippen LogP contribution in [-0.4, -0.2) is 13.2 Å². The third-order valence-electron chi connectivity index (χ3n) is 2.87. The number of ether oxygens (including phenoxy) is 2. The van der Waals surface area contributed by atoms with E-state index in [1.54, 1.807) is 6.08 Å². The van der Waals surface area contributed by atoms with E-state index in [0.717, 1.165) is 23.5 Å². The summed E-state index contributed by atoms with van der Waals surface area (Å²) < 4.78 is 11.4. The summed E-state index contributed by atoms with van der Waals surface area (Å²) in [5.74, 6) is 1.51. The maximum absolute atomic E-state index is 8.55. The lowest BCUT2D eigenvalue weighted by atomic mass is 10.2. The van der Waals surface area contributed by atoms with Crippen LogP contribution in [0.4, 0.5) is 0 Å². The van der Waals surface area contributed by atoms with Gasteiger partial charge in [-0.3, -0.25) is 0 Å². The number of nitrogens with zero attached hydrogens (tertiary/aromatic N) is 1. The Kier molecular flexibility index (Phi) is 7.98. The minimum atomic E-state index is 0.595. The molecule has 3 nitrogen and oxygen atoms in total. The normalized spacial score (nSPS) is 10.4. The molecule has 1 aromatic rings. The van der Waals surface area contributed by atoms with Gasteiger partial charge in [-0.05, 0) is 37.1 Å². The Labute approximate surface area is 121 Å². The van der Waals surface area contributed by atoms with Crippen molar-refractivity contribution in [2.75, 3.05) is 13.2 Å². The van der Waals surface area contributed by atoms with Crippen LogP contribution in [0, 0.1) is 11.3 Å². The van der Waals surface area contributed by atoms with Gasteiger partial charge in [-0.25, -0.2) is 0 Å². The zero-order chi connectivity index (χ0) is 14.6. The zero-order valence-corrected chi connectivity index (χ0v) is 12.4. The van der Waals surface area contributed by atoms with Crippen LogP contribution >= 0.6 is 0 Å². The first-order valence-electron chi connectivity index (χ1n) is 7.27. The Morgan fingerprint density at radius 1 is 1.10 bits per heavy atom. The Morgan fingerprint density at radius 3 is 2.65 bits per heavy atom. The topological polar surface area (TPSA) is 42.2 Å². The van der Waals surface area contributed by atoms with Crippen molar-refractivity contribution in [2.24, 2.45) is 0 Å². The summed E-state index contributed by atoms with van der Waals surface area (Å²) >= 11 is 0. The fourth-order valence-electron chi connectivity index (χ4n) is 1.86. The third-order valence-corrected chi connectivity index (χ3v) is 2.87. The van der Waals surface area contributed by atoms with E-state index in [-0.39, 0.29) is 0 Å². The lowest BCUT2D eigenvalue weighted by Crippen LogP contribution is -2.01. The van der Waals surface area contributed by atoms with Crippen LogP contribution in [0.1, 0.15) is 45.1 Å². The van der Waals surface area contributed by atoms with E-state index < -0.39 is 0 Å². The molecule has 0 bridgehead atoms. The molecule has 0 amide bonds. The van der Waals surface area contributed by atoms with Crippen molar-refractivity contribution in [1.82, 2.24) is 0 Å². The van der Waals surface area contributed by atoms with Crippen molar-refractivity contribution in [1.29, 1.82) is 5.26 Å². The van der Waals surface area contributed by atoms with Crippen LogP contribution in [0.3, 0.4) is 0 Å². The highest BCUT2D eigenvalue weighted by molar-refractivity contribution is 5.57. The molecule has 1 rings (SSSR count). The molecule has 0 aromatic heterocycles. The van der Waals surface area contributed by atoms with Gasteiger partial charge in [-0.15, -0.1) is 0 Å². The van der Waals surface area contributed by atoms with E-state index in [9.17, 15) is 0 Å². The van der Waals surface area contributed by atoms with Gasteiger partial charge in [0.15, 0.2) is 11.5 Å². The van der Waals surface area contributed by atoms with Gasteiger partial charge in [0, 0.05) is 6.08 Å². The van der Waals surface area contributed by atoms with Crippen LogP contribution in [-0.2, 0) is 0 Å². The highest BCUT2D eigenvalue weighted by Gasteiger charge is 2.05. The molecule has 0 spiro atoms. The molecule has 0 saturated heterocycles. The fraction of sp³-hybridized carbons (Fsp3) is 0.471.